The molecule has 0 aromatic carbocycles. The molecule has 0 spiro atoms. The molecule has 2 rings (SSSR count). The van der Waals surface area contributed by atoms with Gasteiger partial charge in [-0.05, 0) is 19.9 Å². The number of anilines is 1. The Morgan fingerprint density at radius 1 is 1.50 bits per heavy atom. The first-order valence-corrected chi connectivity index (χ1v) is 5.36. The summed E-state index contributed by atoms with van der Waals surface area (Å²) in [7, 11) is 0. The highest BCUT2D eigenvalue weighted by Crippen LogP contribution is 2.09. The van der Waals surface area contributed by atoms with Crippen molar-refractivity contribution in [1.82, 2.24) is 20.4 Å². The quantitative estimate of drug-likeness (QED) is 0.822. The van der Waals surface area contributed by atoms with E-state index in [9.17, 15) is 4.79 Å². The minimum Gasteiger partial charge on any atom is -0.397 e. The molecule has 2 aromatic rings. The van der Waals surface area contributed by atoms with Crippen LogP contribution >= 0.6 is 0 Å². The molecule has 1 amide bonds. The highest BCUT2D eigenvalue weighted by atomic mass is 16.5. The second-order valence-electron chi connectivity index (χ2n) is 3.82. The van der Waals surface area contributed by atoms with Gasteiger partial charge in [0.2, 0.25) is 5.89 Å². The number of carbonyl (C=O) groups excluding carboxylic acids is 1. The molecule has 2 heterocycles. The minimum atomic E-state index is -0.275. The van der Waals surface area contributed by atoms with Gasteiger partial charge >= 0.3 is 0 Å². The summed E-state index contributed by atoms with van der Waals surface area (Å²) in [4.78, 5) is 19.9. The molecule has 0 aliphatic heterocycles. The van der Waals surface area contributed by atoms with E-state index < -0.39 is 0 Å². The van der Waals surface area contributed by atoms with Crippen molar-refractivity contribution in [2.24, 2.45) is 0 Å². The zero-order valence-corrected chi connectivity index (χ0v) is 10.1. The summed E-state index contributed by atoms with van der Waals surface area (Å²) in [5.41, 5.74) is 7.09. The summed E-state index contributed by atoms with van der Waals surface area (Å²) in [5.74, 6) is 0.611. The molecule has 0 atom stereocenters. The highest BCUT2D eigenvalue weighted by molar-refractivity contribution is 5.95. The molecule has 0 saturated carbocycles. The van der Waals surface area contributed by atoms with Crippen molar-refractivity contribution in [3.05, 3.63) is 35.2 Å². The Labute approximate surface area is 103 Å². The van der Waals surface area contributed by atoms with Crippen LogP contribution in [0.1, 0.15) is 27.8 Å². The van der Waals surface area contributed by atoms with E-state index >= 15 is 0 Å². The van der Waals surface area contributed by atoms with Crippen LogP contribution in [0.15, 0.2) is 16.8 Å². The van der Waals surface area contributed by atoms with Gasteiger partial charge in [-0.3, -0.25) is 9.78 Å². The molecule has 0 bridgehead atoms. The van der Waals surface area contributed by atoms with Crippen LogP contribution in [0.25, 0.3) is 0 Å². The van der Waals surface area contributed by atoms with Gasteiger partial charge in [-0.1, -0.05) is 5.16 Å². The molecule has 0 radical (unpaired) electrons. The predicted octanol–water partition coefficient (Wildman–Crippen LogP) is 0.594. The number of nitrogens with zero attached hydrogens (tertiary/aromatic N) is 3. The summed E-state index contributed by atoms with van der Waals surface area (Å²) < 4.78 is 4.89. The maximum Gasteiger partial charge on any atom is 0.253 e. The van der Waals surface area contributed by atoms with Crippen molar-refractivity contribution in [1.29, 1.82) is 0 Å². The highest BCUT2D eigenvalue weighted by Gasteiger charge is 2.11. The number of hydrogen-bond acceptors (Lipinski definition) is 6. The number of pyridine rings is 1. The Balaban J connectivity index is 2.05. The third-order valence-corrected chi connectivity index (χ3v) is 2.32. The molecule has 7 heteroatoms. The number of hydrogen-bond donors (Lipinski definition) is 2. The molecule has 3 N–H and O–H groups in total. The van der Waals surface area contributed by atoms with Crippen LogP contribution in [0.2, 0.25) is 0 Å². The molecular formula is C11H13N5O2. The van der Waals surface area contributed by atoms with E-state index in [1.54, 1.807) is 19.9 Å². The summed E-state index contributed by atoms with van der Waals surface area (Å²) in [6, 6.07) is 1.58. The fraction of sp³-hybridized carbons (Fsp3) is 0.273. The van der Waals surface area contributed by atoms with E-state index in [1.807, 2.05) is 0 Å². The van der Waals surface area contributed by atoms with Gasteiger partial charge in [-0.2, -0.15) is 4.98 Å². The number of nitrogens with two attached hydrogens (primary N) is 1. The van der Waals surface area contributed by atoms with Gasteiger partial charge < -0.3 is 15.6 Å². The third-order valence-electron chi connectivity index (χ3n) is 2.32. The largest absolute Gasteiger partial charge is 0.397 e. The van der Waals surface area contributed by atoms with Gasteiger partial charge in [-0.25, -0.2) is 0 Å². The van der Waals surface area contributed by atoms with Crippen molar-refractivity contribution in [2.45, 2.75) is 20.4 Å². The Hall–Kier alpha value is -2.44. The molecular weight excluding hydrogens is 234 g/mol. The van der Waals surface area contributed by atoms with Crippen LogP contribution in [0, 0.1) is 13.8 Å². The summed E-state index contributed by atoms with van der Waals surface area (Å²) >= 11 is 0. The molecule has 0 fully saturated rings. The van der Waals surface area contributed by atoms with Crippen molar-refractivity contribution < 1.29 is 9.32 Å². The standard InChI is InChI=1S/C11H13N5O2/c1-6-9(3-8(12)4-13-6)11(17)14-5-10-15-7(2)16-18-10/h3-4H,5,12H2,1-2H3,(H,14,17). The van der Waals surface area contributed by atoms with Gasteiger partial charge in [0.05, 0.1) is 29.7 Å². The van der Waals surface area contributed by atoms with E-state index in [-0.39, 0.29) is 12.5 Å². The topological polar surface area (TPSA) is 107 Å². The molecule has 18 heavy (non-hydrogen) atoms. The van der Waals surface area contributed by atoms with Crippen molar-refractivity contribution >= 4 is 11.6 Å². The Kier molecular flexibility index (Phi) is 3.22. The first kappa shape index (κ1) is 12.0. The SMILES string of the molecule is Cc1noc(CNC(=O)c2cc(N)cnc2C)n1. The fourth-order valence-corrected chi connectivity index (χ4v) is 1.44. The average molecular weight is 247 g/mol. The van der Waals surface area contributed by atoms with Gasteiger partial charge in [-0.15, -0.1) is 0 Å². The lowest BCUT2D eigenvalue weighted by Crippen LogP contribution is -2.24. The third kappa shape index (κ3) is 2.62. The number of amides is 1. The first-order chi connectivity index (χ1) is 8.56. The number of nitrogen functional groups attached to an aromatic ring is 1. The zero-order chi connectivity index (χ0) is 13.1. The number of carbonyl (C=O) groups is 1. The van der Waals surface area contributed by atoms with Gasteiger partial charge in [0.1, 0.15) is 0 Å². The van der Waals surface area contributed by atoms with E-state index in [0.717, 1.165) is 0 Å². The maximum atomic E-state index is 11.9. The lowest BCUT2D eigenvalue weighted by molar-refractivity contribution is 0.0945. The number of aryl methyl sites for hydroxylation is 2. The second-order valence-corrected chi connectivity index (χ2v) is 3.82. The van der Waals surface area contributed by atoms with Crippen molar-refractivity contribution in [3.63, 3.8) is 0 Å². The van der Waals surface area contributed by atoms with Gasteiger partial charge in [0, 0.05) is 0 Å². The van der Waals surface area contributed by atoms with Crippen molar-refractivity contribution in [2.75, 3.05) is 5.73 Å². The molecule has 7 nitrogen and oxygen atoms in total. The van der Waals surface area contributed by atoms with E-state index in [0.29, 0.717) is 28.7 Å². The molecule has 0 aliphatic rings. The zero-order valence-electron chi connectivity index (χ0n) is 10.1. The van der Waals surface area contributed by atoms with Crippen LogP contribution in [0.4, 0.5) is 5.69 Å². The normalized spacial score (nSPS) is 10.3. The molecule has 94 valence electrons. The van der Waals surface area contributed by atoms with Crippen LogP contribution < -0.4 is 11.1 Å². The maximum absolute atomic E-state index is 11.9. The summed E-state index contributed by atoms with van der Waals surface area (Å²) in [6.07, 6.45) is 1.51. The number of rotatable bonds is 3. The fourth-order valence-electron chi connectivity index (χ4n) is 1.44. The van der Waals surface area contributed by atoms with E-state index in [1.165, 1.54) is 6.20 Å². The molecule has 0 aliphatic carbocycles. The average Bonchev–Trinajstić information content (AvgIpc) is 2.75. The molecule has 0 unspecified atom stereocenters. The van der Waals surface area contributed by atoms with Crippen LogP contribution in [0.3, 0.4) is 0 Å². The number of nitrogens with one attached hydrogen (secondary N) is 1. The van der Waals surface area contributed by atoms with Gasteiger partial charge in [0.15, 0.2) is 5.82 Å². The summed E-state index contributed by atoms with van der Waals surface area (Å²) in [6.45, 7) is 3.62. The van der Waals surface area contributed by atoms with Crippen LogP contribution in [-0.4, -0.2) is 21.0 Å². The molecule has 0 saturated heterocycles. The number of aromatic nitrogens is 3. The lowest BCUT2D eigenvalue weighted by atomic mass is 10.2. The van der Waals surface area contributed by atoms with Gasteiger partial charge in [0.25, 0.3) is 5.91 Å². The Bertz CT molecular complexity index is 579. The van der Waals surface area contributed by atoms with Crippen LogP contribution in [0.5, 0.6) is 0 Å². The minimum absolute atomic E-state index is 0.175. The monoisotopic (exact) mass is 247 g/mol. The Morgan fingerprint density at radius 2 is 2.28 bits per heavy atom. The lowest BCUT2D eigenvalue weighted by Gasteiger charge is -2.05. The predicted molar refractivity (Wildman–Crippen MR) is 63.6 cm³/mol. The van der Waals surface area contributed by atoms with E-state index in [4.69, 9.17) is 10.3 Å². The second kappa shape index (κ2) is 4.82. The summed E-state index contributed by atoms with van der Waals surface area (Å²) in [5, 5.41) is 6.30. The Morgan fingerprint density at radius 3 is 2.94 bits per heavy atom. The first-order valence-electron chi connectivity index (χ1n) is 5.36. The smallest absolute Gasteiger partial charge is 0.253 e. The van der Waals surface area contributed by atoms with Crippen LogP contribution in [-0.2, 0) is 6.54 Å². The van der Waals surface area contributed by atoms with Crippen molar-refractivity contribution in [3.8, 4) is 0 Å². The van der Waals surface area contributed by atoms with E-state index in [2.05, 4.69) is 20.4 Å². The molecule has 2 aromatic heterocycles.